The molecule has 1 fully saturated rings. The highest BCUT2D eigenvalue weighted by molar-refractivity contribution is 9.12. The number of amides is 1. The Kier molecular flexibility index (Phi) is 3.28. The molecule has 0 unspecified atom stereocenters. The second kappa shape index (κ2) is 4.51. The van der Waals surface area contributed by atoms with Crippen LogP contribution in [0.15, 0.2) is 10.7 Å². The molecule has 2 N–H and O–H groups in total. The Labute approximate surface area is 96.2 Å². The SMILES string of the molecule is O=C1NCN([C@H]2CC[C@@H](CO)O2)C=C1Br. The number of carbonyl (C=O) groups is 1. The number of hydrogen-bond donors (Lipinski definition) is 2. The van der Waals surface area contributed by atoms with E-state index < -0.39 is 0 Å². The zero-order valence-corrected chi connectivity index (χ0v) is 9.74. The van der Waals surface area contributed by atoms with Gasteiger partial charge in [-0.15, -0.1) is 0 Å². The van der Waals surface area contributed by atoms with E-state index in [2.05, 4.69) is 21.2 Å². The van der Waals surface area contributed by atoms with E-state index in [1.807, 2.05) is 4.90 Å². The van der Waals surface area contributed by atoms with Crippen molar-refractivity contribution in [2.75, 3.05) is 13.3 Å². The fourth-order valence-corrected chi connectivity index (χ4v) is 2.15. The second-order valence-electron chi connectivity index (χ2n) is 3.63. The van der Waals surface area contributed by atoms with Crippen LogP contribution in [0.4, 0.5) is 0 Å². The smallest absolute Gasteiger partial charge is 0.261 e. The van der Waals surface area contributed by atoms with E-state index in [-0.39, 0.29) is 24.8 Å². The van der Waals surface area contributed by atoms with E-state index in [0.29, 0.717) is 11.2 Å². The largest absolute Gasteiger partial charge is 0.394 e. The van der Waals surface area contributed by atoms with Crippen LogP contribution in [0.3, 0.4) is 0 Å². The van der Waals surface area contributed by atoms with Gasteiger partial charge in [-0.05, 0) is 28.8 Å². The van der Waals surface area contributed by atoms with E-state index in [4.69, 9.17) is 9.84 Å². The Morgan fingerprint density at radius 2 is 2.47 bits per heavy atom. The van der Waals surface area contributed by atoms with Gasteiger partial charge in [-0.1, -0.05) is 0 Å². The van der Waals surface area contributed by atoms with Crippen molar-refractivity contribution < 1.29 is 14.6 Å². The summed E-state index contributed by atoms with van der Waals surface area (Å²) in [5.41, 5.74) is 0. The van der Waals surface area contributed by atoms with Crippen LogP contribution in [0, 0.1) is 0 Å². The first-order valence-electron chi connectivity index (χ1n) is 4.88. The maximum atomic E-state index is 11.1. The molecular formula is C9H13BrN2O3. The molecule has 84 valence electrons. The summed E-state index contributed by atoms with van der Waals surface area (Å²) in [6.45, 7) is 0.512. The van der Waals surface area contributed by atoms with Crippen LogP contribution in [-0.2, 0) is 9.53 Å². The highest BCUT2D eigenvalue weighted by atomic mass is 79.9. The Bertz CT molecular complexity index is 295. The number of ether oxygens (including phenoxy) is 1. The van der Waals surface area contributed by atoms with Crippen LogP contribution in [-0.4, -0.2) is 41.5 Å². The van der Waals surface area contributed by atoms with Gasteiger partial charge in [-0.2, -0.15) is 0 Å². The van der Waals surface area contributed by atoms with Gasteiger partial charge in [0.1, 0.15) is 6.23 Å². The van der Waals surface area contributed by atoms with E-state index in [0.717, 1.165) is 12.8 Å². The van der Waals surface area contributed by atoms with Gasteiger partial charge in [-0.3, -0.25) is 4.79 Å². The minimum Gasteiger partial charge on any atom is -0.394 e. The lowest BCUT2D eigenvalue weighted by atomic mass is 10.2. The monoisotopic (exact) mass is 276 g/mol. The van der Waals surface area contributed by atoms with Crippen LogP contribution in [0.1, 0.15) is 12.8 Å². The van der Waals surface area contributed by atoms with Crippen LogP contribution in [0.2, 0.25) is 0 Å². The summed E-state index contributed by atoms with van der Waals surface area (Å²) in [6, 6.07) is 0. The second-order valence-corrected chi connectivity index (χ2v) is 4.48. The first-order valence-corrected chi connectivity index (χ1v) is 5.67. The Morgan fingerprint density at radius 3 is 3.07 bits per heavy atom. The summed E-state index contributed by atoms with van der Waals surface area (Å²) in [7, 11) is 0. The lowest BCUT2D eigenvalue weighted by molar-refractivity contribution is -0.119. The Hall–Kier alpha value is -0.590. The lowest BCUT2D eigenvalue weighted by Crippen LogP contribution is -2.44. The number of nitrogens with zero attached hydrogens (tertiary/aromatic N) is 1. The van der Waals surface area contributed by atoms with Crippen molar-refractivity contribution in [1.82, 2.24) is 10.2 Å². The molecule has 0 aromatic heterocycles. The third kappa shape index (κ3) is 2.32. The number of halogens is 1. The maximum Gasteiger partial charge on any atom is 0.261 e. The number of hydrogen-bond acceptors (Lipinski definition) is 4. The minimum atomic E-state index is -0.108. The van der Waals surface area contributed by atoms with Crippen molar-refractivity contribution in [1.29, 1.82) is 0 Å². The lowest BCUT2D eigenvalue weighted by Gasteiger charge is -2.30. The number of rotatable bonds is 2. The van der Waals surface area contributed by atoms with Crippen molar-refractivity contribution in [3.05, 3.63) is 10.7 Å². The first-order chi connectivity index (χ1) is 7.20. The predicted molar refractivity (Wildman–Crippen MR) is 56.8 cm³/mol. The van der Waals surface area contributed by atoms with Crippen LogP contribution < -0.4 is 5.32 Å². The number of aliphatic hydroxyl groups is 1. The molecule has 2 aliphatic rings. The fourth-order valence-electron chi connectivity index (χ4n) is 1.75. The molecular weight excluding hydrogens is 264 g/mol. The molecule has 2 atom stereocenters. The number of aliphatic hydroxyl groups excluding tert-OH is 1. The third-order valence-corrected chi connectivity index (χ3v) is 3.14. The van der Waals surface area contributed by atoms with E-state index in [1.165, 1.54) is 0 Å². The zero-order chi connectivity index (χ0) is 10.8. The Morgan fingerprint density at radius 1 is 1.67 bits per heavy atom. The van der Waals surface area contributed by atoms with Crippen molar-refractivity contribution in [2.24, 2.45) is 0 Å². The number of nitrogens with one attached hydrogen (secondary N) is 1. The normalized spacial score (nSPS) is 31.5. The molecule has 0 spiro atoms. The quantitative estimate of drug-likeness (QED) is 0.752. The highest BCUT2D eigenvalue weighted by Gasteiger charge is 2.30. The predicted octanol–water partition coefficient (Wildman–Crippen LogP) is 0.109. The third-order valence-electron chi connectivity index (χ3n) is 2.58. The van der Waals surface area contributed by atoms with Crippen molar-refractivity contribution in [3.8, 4) is 0 Å². The molecule has 0 bridgehead atoms. The average molecular weight is 277 g/mol. The van der Waals surface area contributed by atoms with Gasteiger partial charge in [-0.25, -0.2) is 0 Å². The average Bonchev–Trinajstić information content (AvgIpc) is 2.70. The van der Waals surface area contributed by atoms with Crippen molar-refractivity contribution >= 4 is 21.8 Å². The molecule has 6 heteroatoms. The van der Waals surface area contributed by atoms with Gasteiger partial charge in [0.15, 0.2) is 0 Å². The van der Waals surface area contributed by atoms with Gasteiger partial charge >= 0.3 is 0 Å². The zero-order valence-electron chi connectivity index (χ0n) is 8.15. The number of carbonyl (C=O) groups excluding carboxylic acids is 1. The molecule has 0 aromatic carbocycles. The summed E-state index contributed by atoms with van der Waals surface area (Å²) >= 11 is 3.18. The van der Waals surface area contributed by atoms with Crippen LogP contribution >= 0.6 is 15.9 Å². The topological polar surface area (TPSA) is 61.8 Å². The summed E-state index contributed by atoms with van der Waals surface area (Å²) in [5, 5.41) is 11.7. The molecule has 1 saturated heterocycles. The molecule has 0 radical (unpaired) electrons. The minimum absolute atomic E-state index is 0.0460. The van der Waals surface area contributed by atoms with Crippen molar-refractivity contribution in [2.45, 2.75) is 25.2 Å². The van der Waals surface area contributed by atoms with Crippen LogP contribution in [0.25, 0.3) is 0 Å². The van der Waals surface area contributed by atoms with Gasteiger partial charge in [0.05, 0.1) is 23.9 Å². The summed E-state index contributed by atoms with van der Waals surface area (Å²) in [4.78, 5) is 13.1. The summed E-state index contributed by atoms with van der Waals surface area (Å²) < 4.78 is 6.10. The summed E-state index contributed by atoms with van der Waals surface area (Å²) in [5.74, 6) is -0.108. The Balaban J connectivity index is 1.98. The molecule has 0 saturated carbocycles. The molecule has 0 aliphatic carbocycles. The fraction of sp³-hybridized carbons (Fsp3) is 0.667. The van der Waals surface area contributed by atoms with Gasteiger partial charge in [0.25, 0.3) is 5.91 Å². The first kappa shape index (κ1) is 10.9. The van der Waals surface area contributed by atoms with E-state index in [9.17, 15) is 4.79 Å². The standard InChI is InChI=1S/C9H13BrN2O3/c10-7-3-12(5-11-9(7)14)8-2-1-6(4-13)15-8/h3,6,8,13H,1-2,4-5H2,(H,11,14)/t6-,8+/m0/s1. The van der Waals surface area contributed by atoms with Gasteiger partial charge in [0.2, 0.25) is 0 Å². The maximum absolute atomic E-state index is 11.1. The molecule has 15 heavy (non-hydrogen) atoms. The molecule has 2 rings (SSSR count). The van der Waals surface area contributed by atoms with Gasteiger partial charge < -0.3 is 20.1 Å². The summed E-state index contributed by atoms with van der Waals surface area (Å²) in [6.07, 6.45) is 3.35. The van der Waals surface area contributed by atoms with E-state index >= 15 is 0 Å². The molecule has 1 amide bonds. The van der Waals surface area contributed by atoms with Crippen molar-refractivity contribution in [3.63, 3.8) is 0 Å². The van der Waals surface area contributed by atoms with Crippen LogP contribution in [0.5, 0.6) is 0 Å². The molecule has 0 aromatic rings. The van der Waals surface area contributed by atoms with Gasteiger partial charge in [0, 0.05) is 6.20 Å². The molecule has 2 aliphatic heterocycles. The van der Waals surface area contributed by atoms with E-state index in [1.54, 1.807) is 6.20 Å². The molecule has 5 nitrogen and oxygen atoms in total. The highest BCUT2D eigenvalue weighted by Crippen LogP contribution is 2.24. The molecule has 2 heterocycles.